The molecule has 12 heteroatoms. The number of aromatic nitrogens is 2. The van der Waals surface area contributed by atoms with Crippen molar-refractivity contribution in [1.29, 1.82) is 0 Å². The summed E-state index contributed by atoms with van der Waals surface area (Å²) in [6.45, 7) is 5.98. The molecule has 1 aromatic heterocycles. The Morgan fingerprint density at radius 2 is 1.76 bits per heavy atom. The van der Waals surface area contributed by atoms with E-state index in [1.165, 1.54) is 30.3 Å². The first-order valence-corrected chi connectivity index (χ1v) is 15.5. The minimum atomic E-state index is -3.88. The van der Waals surface area contributed by atoms with Crippen LogP contribution in [0.4, 0.5) is 11.5 Å². The van der Waals surface area contributed by atoms with E-state index in [4.69, 9.17) is 21.1 Å². The van der Waals surface area contributed by atoms with E-state index in [2.05, 4.69) is 35.9 Å². The Kier molecular flexibility index (Phi) is 10.2. The number of aryl methyl sites for hydroxylation is 2. The van der Waals surface area contributed by atoms with Gasteiger partial charge in [0.15, 0.2) is 11.5 Å². The van der Waals surface area contributed by atoms with Crippen molar-refractivity contribution in [1.82, 2.24) is 9.97 Å². The summed E-state index contributed by atoms with van der Waals surface area (Å²) in [5.41, 5.74) is 2.61. The summed E-state index contributed by atoms with van der Waals surface area (Å²) in [7, 11) is -3.88. The van der Waals surface area contributed by atoms with Crippen molar-refractivity contribution >= 4 is 61.0 Å². The fraction of sp³-hybridized carbons (Fsp3) is 0.167. The van der Waals surface area contributed by atoms with Gasteiger partial charge in [0.25, 0.3) is 10.0 Å². The molecular weight excluding hydrogens is 644 g/mol. The van der Waals surface area contributed by atoms with Gasteiger partial charge in [0.2, 0.25) is 5.91 Å². The van der Waals surface area contributed by atoms with Gasteiger partial charge in [0, 0.05) is 34.1 Å². The number of ether oxygens (including phenoxy) is 2. The van der Waals surface area contributed by atoms with E-state index >= 15 is 0 Å². The number of nitrogens with zero attached hydrogens (tertiary/aromatic N) is 2. The highest BCUT2D eigenvalue weighted by atomic mass is 79.9. The first kappa shape index (κ1) is 31.0. The molecule has 0 saturated heterocycles. The minimum absolute atomic E-state index is 0.0232. The van der Waals surface area contributed by atoms with Crippen molar-refractivity contribution < 1.29 is 22.7 Å². The first-order chi connectivity index (χ1) is 20.0. The van der Waals surface area contributed by atoms with Crippen LogP contribution in [0.15, 0.2) is 82.2 Å². The van der Waals surface area contributed by atoms with Crippen LogP contribution >= 0.6 is 27.5 Å². The maximum absolute atomic E-state index is 12.8. The van der Waals surface area contributed by atoms with Gasteiger partial charge in [-0.25, -0.2) is 18.4 Å². The molecule has 1 heterocycles. The predicted octanol–water partition coefficient (Wildman–Crippen LogP) is 6.94. The van der Waals surface area contributed by atoms with Crippen LogP contribution in [0.3, 0.4) is 0 Å². The number of hydrogen-bond donors (Lipinski definition) is 2. The topological polar surface area (TPSA) is 120 Å². The second-order valence-electron chi connectivity index (χ2n) is 9.04. The average molecular weight is 672 g/mol. The second-order valence-corrected chi connectivity index (χ2v) is 12.0. The molecule has 2 N–H and O–H groups in total. The first-order valence-electron chi connectivity index (χ1n) is 12.8. The minimum Gasteiger partial charge on any atom is -0.490 e. The Bertz CT molecular complexity index is 1710. The number of hydrogen-bond acceptors (Lipinski definition) is 7. The number of carbonyl (C=O) groups is 1. The van der Waals surface area contributed by atoms with Crippen molar-refractivity contribution in [2.24, 2.45) is 0 Å². The summed E-state index contributed by atoms with van der Waals surface area (Å²) in [6, 6.07) is 18.4. The van der Waals surface area contributed by atoms with Gasteiger partial charge >= 0.3 is 0 Å². The van der Waals surface area contributed by atoms with Gasteiger partial charge in [-0.2, -0.15) is 0 Å². The number of amides is 1. The number of anilines is 2. The maximum Gasteiger partial charge on any atom is 0.263 e. The largest absolute Gasteiger partial charge is 0.490 e. The number of carbonyl (C=O) groups excluding carboxylic acids is 1. The SMILES string of the molecule is CCOc1cc(/C=C/C(=O)Nc2ccc(S(=O)(=O)Nc3cc(C)nc(C)n3)cc2)cc(Br)c1OCc1ccccc1Cl. The molecule has 42 heavy (non-hydrogen) atoms. The van der Waals surface area contributed by atoms with Crippen LogP contribution in [0.2, 0.25) is 5.02 Å². The third kappa shape index (κ3) is 8.31. The van der Waals surface area contributed by atoms with Crippen molar-refractivity contribution in [2.75, 3.05) is 16.6 Å². The van der Waals surface area contributed by atoms with Crippen LogP contribution < -0.4 is 19.5 Å². The zero-order valence-corrected chi connectivity index (χ0v) is 26.2. The number of halogens is 2. The highest BCUT2D eigenvalue weighted by Crippen LogP contribution is 2.38. The summed E-state index contributed by atoms with van der Waals surface area (Å²) in [6.07, 6.45) is 3.00. The zero-order valence-electron chi connectivity index (χ0n) is 23.0. The molecule has 0 spiro atoms. The zero-order chi connectivity index (χ0) is 30.3. The second kappa shape index (κ2) is 13.8. The standard InChI is InChI=1S/C30H28BrClN4O5S/c1-4-40-27-17-21(16-25(31)30(27)41-18-22-7-5-6-8-26(22)32)9-14-29(37)35-23-10-12-24(13-11-23)42(38,39)36-28-15-19(2)33-20(3)34-28/h5-17H,4,18H2,1-3H3,(H,35,37)(H,33,34,36)/b14-9+. The lowest BCUT2D eigenvalue weighted by molar-refractivity contribution is -0.111. The molecule has 4 aromatic rings. The van der Waals surface area contributed by atoms with Crippen molar-refractivity contribution in [2.45, 2.75) is 32.3 Å². The lowest BCUT2D eigenvalue weighted by atomic mass is 10.1. The molecule has 0 saturated carbocycles. The van der Waals surface area contributed by atoms with Gasteiger partial charge < -0.3 is 14.8 Å². The van der Waals surface area contributed by atoms with E-state index < -0.39 is 15.9 Å². The fourth-order valence-corrected chi connectivity index (χ4v) is 5.65. The normalized spacial score (nSPS) is 11.4. The van der Waals surface area contributed by atoms with Crippen LogP contribution in [0, 0.1) is 13.8 Å². The molecule has 3 aromatic carbocycles. The molecule has 0 bridgehead atoms. The Hall–Kier alpha value is -3.93. The van der Waals surface area contributed by atoms with E-state index in [0.717, 1.165) is 5.56 Å². The molecule has 1 amide bonds. The van der Waals surface area contributed by atoms with Gasteiger partial charge in [-0.15, -0.1) is 0 Å². The number of sulfonamides is 1. The van der Waals surface area contributed by atoms with Gasteiger partial charge in [0.05, 0.1) is 16.0 Å². The highest BCUT2D eigenvalue weighted by Gasteiger charge is 2.16. The van der Waals surface area contributed by atoms with E-state index in [-0.39, 0.29) is 17.3 Å². The molecule has 0 aliphatic heterocycles. The average Bonchev–Trinajstić information content (AvgIpc) is 2.92. The molecule has 0 aliphatic carbocycles. The van der Waals surface area contributed by atoms with Gasteiger partial charge in [-0.05, 0) is 90.8 Å². The summed E-state index contributed by atoms with van der Waals surface area (Å²) < 4.78 is 40.4. The van der Waals surface area contributed by atoms with Gasteiger partial charge in [-0.3, -0.25) is 9.52 Å². The number of nitrogens with one attached hydrogen (secondary N) is 2. The van der Waals surface area contributed by atoms with Crippen molar-refractivity contribution in [3.05, 3.63) is 105 Å². The Labute approximate surface area is 258 Å². The molecule has 0 aliphatic rings. The predicted molar refractivity (Wildman–Crippen MR) is 168 cm³/mol. The van der Waals surface area contributed by atoms with Crippen LogP contribution in [0.25, 0.3) is 6.08 Å². The molecule has 0 fully saturated rings. The van der Waals surface area contributed by atoms with Crippen molar-refractivity contribution in [3.63, 3.8) is 0 Å². The molecule has 4 rings (SSSR count). The van der Waals surface area contributed by atoms with E-state index in [1.54, 1.807) is 38.1 Å². The molecule has 0 unspecified atom stereocenters. The quantitative estimate of drug-likeness (QED) is 0.166. The highest BCUT2D eigenvalue weighted by molar-refractivity contribution is 9.10. The van der Waals surface area contributed by atoms with Gasteiger partial charge in [0.1, 0.15) is 18.2 Å². The van der Waals surface area contributed by atoms with E-state index in [1.807, 2.05) is 31.2 Å². The summed E-state index contributed by atoms with van der Waals surface area (Å²) in [5, 5.41) is 3.33. The Morgan fingerprint density at radius 3 is 2.45 bits per heavy atom. The lowest BCUT2D eigenvalue weighted by Gasteiger charge is -2.15. The smallest absolute Gasteiger partial charge is 0.263 e. The molecule has 0 atom stereocenters. The van der Waals surface area contributed by atoms with Crippen molar-refractivity contribution in [3.8, 4) is 11.5 Å². The molecule has 9 nitrogen and oxygen atoms in total. The van der Waals surface area contributed by atoms with Crippen LogP contribution in [0.5, 0.6) is 11.5 Å². The Balaban J connectivity index is 1.41. The van der Waals surface area contributed by atoms with Crippen LogP contribution in [0.1, 0.15) is 29.6 Å². The maximum atomic E-state index is 12.8. The number of benzene rings is 3. The summed E-state index contributed by atoms with van der Waals surface area (Å²) in [5.74, 6) is 1.27. The summed E-state index contributed by atoms with van der Waals surface area (Å²) in [4.78, 5) is 20.9. The van der Waals surface area contributed by atoms with Crippen LogP contribution in [-0.4, -0.2) is 30.9 Å². The van der Waals surface area contributed by atoms with E-state index in [0.29, 0.717) is 50.4 Å². The number of rotatable bonds is 11. The van der Waals surface area contributed by atoms with Gasteiger partial charge in [-0.1, -0.05) is 29.8 Å². The molecule has 218 valence electrons. The molecule has 0 radical (unpaired) electrons. The summed E-state index contributed by atoms with van der Waals surface area (Å²) >= 11 is 9.79. The Morgan fingerprint density at radius 1 is 1.02 bits per heavy atom. The molecular formula is C30H28BrClN4O5S. The monoisotopic (exact) mass is 670 g/mol. The third-order valence-electron chi connectivity index (χ3n) is 5.73. The lowest BCUT2D eigenvalue weighted by Crippen LogP contribution is -2.15. The fourth-order valence-electron chi connectivity index (χ4n) is 3.89. The van der Waals surface area contributed by atoms with E-state index in [9.17, 15) is 13.2 Å². The van der Waals surface area contributed by atoms with Crippen LogP contribution in [-0.2, 0) is 21.4 Å². The third-order valence-corrected chi connectivity index (χ3v) is 8.05.